The van der Waals surface area contributed by atoms with Crippen LogP contribution in [0.4, 0.5) is 0 Å². The number of rotatable bonds is 8. The number of aromatic nitrogens is 1. The van der Waals surface area contributed by atoms with Gasteiger partial charge < -0.3 is 19.5 Å². The van der Waals surface area contributed by atoms with Crippen LogP contribution >= 0.6 is 0 Å². The second-order valence-electron chi connectivity index (χ2n) is 8.96. The molecule has 3 heterocycles. The number of benzene rings is 1. The van der Waals surface area contributed by atoms with E-state index in [1.165, 1.54) is 0 Å². The average Bonchev–Trinajstić information content (AvgIpc) is 3.12. The number of carbonyl (C=O) groups excluding carboxylic acids is 2. The number of Topliss-reactive ketones (excluding diaryl/α,β-unsaturated/α-hetero) is 1. The van der Waals surface area contributed by atoms with E-state index in [2.05, 4.69) is 23.7 Å². The zero-order chi connectivity index (χ0) is 24.1. The second kappa shape index (κ2) is 10.8. The lowest BCUT2D eigenvalue weighted by molar-refractivity contribution is -0.140. The summed E-state index contributed by atoms with van der Waals surface area (Å²) >= 11 is 0. The monoisotopic (exact) mass is 465 g/mol. The third kappa shape index (κ3) is 5.29. The van der Waals surface area contributed by atoms with Crippen LogP contribution in [0.15, 0.2) is 54.4 Å². The molecule has 0 aliphatic carbocycles. The van der Waals surface area contributed by atoms with Gasteiger partial charge in [0.2, 0.25) is 0 Å². The van der Waals surface area contributed by atoms with Crippen molar-refractivity contribution in [1.29, 1.82) is 0 Å². The third-order valence-corrected chi connectivity index (χ3v) is 6.01. The minimum atomic E-state index is -0.702. The van der Waals surface area contributed by atoms with Crippen molar-refractivity contribution in [3.05, 3.63) is 65.5 Å². The highest BCUT2D eigenvalue weighted by Crippen LogP contribution is 2.39. The molecule has 1 atom stereocenters. The molecule has 1 aromatic carbocycles. The molecule has 34 heavy (non-hydrogen) atoms. The van der Waals surface area contributed by atoms with Crippen molar-refractivity contribution in [1.82, 2.24) is 14.8 Å². The first-order valence-corrected chi connectivity index (χ1v) is 11.7. The number of morpholine rings is 1. The Labute approximate surface area is 199 Å². The van der Waals surface area contributed by atoms with Gasteiger partial charge in [0, 0.05) is 44.1 Å². The van der Waals surface area contributed by atoms with Gasteiger partial charge in [-0.15, -0.1) is 0 Å². The molecule has 2 aliphatic rings. The van der Waals surface area contributed by atoms with Crippen LogP contribution in [-0.4, -0.2) is 77.6 Å². The van der Waals surface area contributed by atoms with Crippen molar-refractivity contribution < 1.29 is 24.2 Å². The maximum absolute atomic E-state index is 13.1. The topological polar surface area (TPSA) is 92.2 Å². The second-order valence-corrected chi connectivity index (χ2v) is 8.96. The van der Waals surface area contributed by atoms with E-state index < -0.39 is 17.7 Å². The van der Waals surface area contributed by atoms with E-state index >= 15 is 0 Å². The molecular weight excluding hydrogens is 434 g/mol. The summed E-state index contributed by atoms with van der Waals surface area (Å²) in [6.45, 7) is 8.58. The molecule has 180 valence electrons. The summed E-state index contributed by atoms with van der Waals surface area (Å²) in [5, 5.41) is 11.2. The fourth-order valence-electron chi connectivity index (χ4n) is 4.20. The van der Waals surface area contributed by atoms with Gasteiger partial charge >= 0.3 is 0 Å². The van der Waals surface area contributed by atoms with E-state index in [4.69, 9.17) is 9.47 Å². The van der Waals surface area contributed by atoms with Crippen LogP contribution < -0.4 is 4.74 Å². The highest BCUT2D eigenvalue weighted by molar-refractivity contribution is 6.46. The molecule has 8 nitrogen and oxygen atoms in total. The van der Waals surface area contributed by atoms with E-state index in [1.807, 2.05) is 6.07 Å². The lowest BCUT2D eigenvalue weighted by Gasteiger charge is -2.30. The van der Waals surface area contributed by atoms with E-state index in [-0.39, 0.29) is 11.3 Å². The van der Waals surface area contributed by atoms with Crippen LogP contribution in [0, 0.1) is 5.92 Å². The Bertz CT molecular complexity index is 1030. The molecule has 1 N–H and O–H groups in total. The number of amides is 1. The minimum Gasteiger partial charge on any atom is -0.507 e. The van der Waals surface area contributed by atoms with Gasteiger partial charge in [-0.1, -0.05) is 19.9 Å². The largest absolute Gasteiger partial charge is 0.507 e. The first-order chi connectivity index (χ1) is 16.5. The minimum absolute atomic E-state index is 0.0795. The van der Waals surface area contributed by atoms with Gasteiger partial charge in [0.05, 0.1) is 31.4 Å². The molecule has 0 unspecified atom stereocenters. The van der Waals surface area contributed by atoms with Gasteiger partial charge in [-0.05, 0) is 41.8 Å². The molecule has 0 bridgehead atoms. The smallest absolute Gasteiger partial charge is 0.295 e. The van der Waals surface area contributed by atoms with E-state index in [9.17, 15) is 14.7 Å². The summed E-state index contributed by atoms with van der Waals surface area (Å²) < 4.78 is 11.1. The van der Waals surface area contributed by atoms with Crippen molar-refractivity contribution in [2.24, 2.45) is 5.92 Å². The zero-order valence-corrected chi connectivity index (χ0v) is 19.6. The molecule has 8 heteroatoms. The Kier molecular flexibility index (Phi) is 7.59. The summed E-state index contributed by atoms with van der Waals surface area (Å²) in [6.07, 6.45) is 3.27. The Morgan fingerprint density at radius 3 is 2.53 bits per heavy atom. The maximum atomic E-state index is 13.1. The molecule has 2 aliphatic heterocycles. The Morgan fingerprint density at radius 1 is 1.15 bits per heavy atom. The van der Waals surface area contributed by atoms with Crippen LogP contribution in [-0.2, 0) is 14.3 Å². The molecule has 1 aromatic heterocycles. The lowest BCUT2D eigenvalue weighted by Crippen LogP contribution is -2.42. The molecule has 0 radical (unpaired) electrons. The van der Waals surface area contributed by atoms with Crippen molar-refractivity contribution in [3.63, 3.8) is 0 Å². The number of hydrogen-bond acceptors (Lipinski definition) is 7. The quantitative estimate of drug-likeness (QED) is 0.364. The summed E-state index contributed by atoms with van der Waals surface area (Å²) in [5.74, 6) is -0.425. The number of nitrogens with zero attached hydrogens (tertiary/aromatic N) is 3. The number of ether oxygens (including phenoxy) is 2. The van der Waals surface area contributed by atoms with Gasteiger partial charge in [0.15, 0.2) is 0 Å². The zero-order valence-electron chi connectivity index (χ0n) is 19.6. The highest BCUT2D eigenvalue weighted by atomic mass is 16.5. The number of likely N-dealkylation sites (tertiary alicyclic amines) is 1. The van der Waals surface area contributed by atoms with Gasteiger partial charge in [0.1, 0.15) is 11.5 Å². The Morgan fingerprint density at radius 2 is 1.88 bits per heavy atom. The Balaban J connectivity index is 1.64. The molecule has 0 saturated carbocycles. The van der Waals surface area contributed by atoms with Gasteiger partial charge in [-0.2, -0.15) is 0 Å². The number of aliphatic hydroxyl groups excluding tert-OH is 1. The average molecular weight is 466 g/mol. The predicted octanol–water partition coefficient (Wildman–Crippen LogP) is 2.87. The van der Waals surface area contributed by atoms with Crippen LogP contribution in [0.2, 0.25) is 0 Å². The van der Waals surface area contributed by atoms with Gasteiger partial charge in [-0.3, -0.25) is 19.5 Å². The SMILES string of the molecule is CC(C)COc1ccc(C(O)=C2C(=O)C(=O)N(CCN3CCOCC3)[C@H]2c2cccnc2)cc1. The molecule has 0 spiro atoms. The third-order valence-electron chi connectivity index (χ3n) is 6.01. The number of carbonyl (C=O) groups is 2. The summed E-state index contributed by atoms with van der Waals surface area (Å²) in [7, 11) is 0. The molecular formula is C26H31N3O5. The molecule has 4 rings (SSSR count). The normalized spacial score (nSPS) is 20.8. The fourth-order valence-corrected chi connectivity index (χ4v) is 4.20. The van der Waals surface area contributed by atoms with E-state index in [1.54, 1.807) is 47.6 Å². The van der Waals surface area contributed by atoms with Crippen molar-refractivity contribution in [2.75, 3.05) is 46.0 Å². The predicted molar refractivity (Wildman–Crippen MR) is 127 cm³/mol. The van der Waals surface area contributed by atoms with Gasteiger partial charge in [-0.25, -0.2) is 0 Å². The molecule has 2 saturated heterocycles. The standard InChI is InChI=1S/C26H31N3O5/c1-18(2)17-34-21-7-5-19(6-8-21)24(30)22-23(20-4-3-9-27-16-20)29(26(32)25(22)31)11-10-28-12-14-33-15-13-28/h3-9,16,18,23,30H,10-15,17H2,1-2H3/t23-/m0/s1. The molecule has 2 aromatic rings. The van der Waals surface area contributed by atoms with Crippen molar-refractivity contribution in [3.8, 4) is 5.75 Å². The van der Waals surface area contributed by atoms with Crippen LogP contribution in [0.3, 0.4) is 0 Å². The first-order valence-electron chi connectivity index (χ1n) is 11.7. The molecule has 1 amide bonds. The number of hydrogen-bond donors (Lipinski definition) is 1. The van der Waals surface area contributed by atoms with E-state index in [0.717, 1.165) is 13.1 Å². The summed E-state index contributed by atoms with van der Waals surface area (Å²) in [4.78, 5) is 34.1. The number of aliphatic hydroxyl groups is 1. The van der Waals surface area contributed by atoms with Crippen molar-refractivity contribution >= 4 is 17.4 Å². The van der Waals surface area contributed by atoms with E-state index in [0.29, 0.717) is 55.7 Å². The first kappa shape index (κ1) is 23.9. The Hall–Kier alpha value is -3.23. The molecule has 2 fully saturated rings. The van der Waals surface area contributed by atoms with Crippen LogP contribution in [0.1, 0.15) is 31.0 Å². The van der Waals surface area contributed by atoms with Crippen molar-refractivity contribution in [2.45, 2.75) is 19.9 Å². The number of ketones is 1. The van der Waals surface area contributed by atoms with Crippen LogP contribution in [0.25, 0.3) is 5.76 Å². The lowest BCUT2D eigenvalue weighted by atomic mass is 9.96. The summed E-state index contributed by atoms with van der Waals surface area (Å²) in [5.41, 5.74) is 1.22. The van der Waals surface area contributed by atoms with Crippen LogP contribution in [0.5, 0.6) is 5.75 Å². The fraction of sp³-hybridized carbons (Fsp3) is 0.423. The highest BCUT2D eigenvalue weighted by Gasteiger charge is 2.46. The summed E-state index contributed by atoms with van der Waals surface area (Å²) in [6, 6.07) is 9.79. The number of pyridine rings is 1. The maximum Gasteiger partial charge on any atom is 0.295 e. The van der Waals surface area contributed by atoms with Gasteiger partial charge in [0.25, 0.3) is 11.7 Å².